The van der Waals surface area contributed by atoms with Crippen LogP contribution in [-0.2, 0) is 16.0 Å². The van der Waals surface area contributed by atoms with Crippen LogP contribution in [0.5, 0.6) is 0 Å². The van der Waals surface area contributed by atoms with E-state index >= 15 is 0 Å². The lowest BCUT2D eigenvalue weighted by Crippen LogP contribution is -2.57. The molecule has 8 heteroatoms. The predicted molar refractivity (Wildman–Crippen MR) is 60.3 cm³/mol. The molecule has 1 atom stereocenters. The summed E-state index contributed by atoms with van der Waals surface area (Å²) < 4.78 is 50.0. The van der Waals surface area contributed by atoms with E-state index in [1.54, 1.807) is 0 Å². The minimum absolute atomic E-state index is 0.111. The van der Waals surface area contributed by atoms with Crippen molar-refractivity contribution in [3.05, 3.63) is 35.6 Å². The summed E-state index contributed by atoms with van der Waals surface area (Å²) in [6.07, 6.45) is -5.83. The Morgan fingerprint density at radius 2 is 1.80 bits per heavy atom. The van der Waals surface area contributed by atoms with Gasteiger partial charge in [-0.2, -0.15) is 13.2 Å². The molecule has 1 rings (SSSR count). The second-order valence-electron chi connectivity index (χ2n) is 4.36. The molecular formula is C12H11F4NO3. The SMILES string of the molecule is CC(Cc1ccccc1F)(NC(=O)C(F)(F)F)C(=O)O. The van der Waals surface area contributed by atoms with Crippen LogP contribution in [-0.4, -0.2) is 28.7 Å². The quantitative estimate of drug-likeness (QED) is 0.833. The number of carboxylic acid groups (broad SMARTS) is 1. The fourth-order valence-corrected chi connectivity index (χ4v) is 1.52. The Morgan fingerprint density at radius 3 is 2.25 bits per heavy atom. The summed E-state index contributed by atoms with van der Waals surface area (Å²) in [5.41, 5.74) is -2.38. The molecule has 1 aromatic carbocycles. The van der Waals surface area contributed by atoms with Gasteiger partial charge in [0.05, 0.1) is 0 Å². The second-order valence-corrected chi connectivity index (χ2v) is 4.36. The highest BCUT2D eigenvalue weighted by molar-refractivity contribution is 5.89. The van der Waals surface area contributed by atoms with Crippen LogP contribution in [0.4, 0.5) is 17.6 Å². The van der Waals surface area contributed by atoms with Crippen LogP contribution >= 0.6 is 0 Å². The highest BCUT2D eigenvalue weighted by Crippen LogP contribution is 2.20. The molecule has 1 unspecified atom stereocenters. The maximum absolute atomic E-state index is 13.4. The van der Waals surface area contributed by atoms with E-state index in [0.717, 1.165) is 13.0 Å². The van der Waals surface area contributed by atoms with Gasteiger partial charge in [0.2, 0.25) is 0 Å². The first kappa shape index (κ1) is 15.9. The van der Waals surface area contributed by atoms with E-state index in [9.17, 15) is 27.2 Å². The average molecular weight is 293 g/mol. The molecule has 4 nitrogen and oxygen atoms in total. The highest BCUT2D eigenvalue weighted by atomic mass is 19.4. The minimum atomic E-state index is -5.22. The molecule has 0 aromatic heterocycles. The monoisotopic (exact) mass is 293 g/mol. The highest BCUT2D eigenvalue weighted by Gasteiger charge is 2.45. The van der Waals surface area contributed by atoms with E-state index in [2.05, 4.69) is 0 Å². The number of aliphatic carboxylic acids is 1. The molecule has 0 heterocycles. The molecule has 0 saturated heterocycles. The maximum Gasteiger partial charge on any atom is 0.471 e. The zero-order valence-electron chi connectivity index (χ0n) is 10.3. The number of halogens is 4. The Labute approximate surface area is 111 Å². The second kappa shape index (κ2) is 5.48. The van der Waals surface area contributed by atoms with Gasteiger partial charge in [-0.3, -0.25) is 4.79 Å². The molecule has 0 saturated carbocycles. The smallest absolute Gasteiger partial charge is 0.471 e. The zero-order chi connectivity index (χ0) is 15.6. The number of carboxylic acids is 1. The van der Waals surface area contributed by atoms with Crippen LogP contribution in [0, 0.1) is 5.82 Å². The van der Waals surface area contributed by atoms with Gasteiger partial charge < -0.3 is 10.4 Å². The van der Waals surface area contributed by atoms with Crippen LogP contribution < -0.4 is 5.32 Å². The Balaban J connectivity index is 3.02. The van der Waals surface area contributed by atoms with E-state index < -0.39 is 35.8 Å². The number of nitrogens with one attached hydrogen (secondary N) is 1. The topological polar surface area (TPSA) is 66.4 Å². The normalized spacial score (nSPS) is 14.4. The summed E-state index contributed by atoms with van der Waals surface area (Å²) in [5, 5.41) is 10.4. The molecule has 0 spiro atoms. The summed E-state index contributed by atoms with van der Waals surface area (Å²) in [6, 6.07) is 5.04. The molecule has 0 radical (unpaired) electrons. The fourth-order valence-electron chi connectivity index (χ4n) is 1.52. The van der Waals surface area contributed by atoms with Crippen LogP contribution in [0.2, 0.25) is 0 Å². The number of rotatable bonds is 4. The summed E-state index contributed by atoms with van der Waals surface area (Å²) in [5.74, 6) is -4.85. The van der Waals surface area contributed by atoms with Crippen LogP contribution in [0.3, 0.4) is 0 Å². The molecular weight excluding hydrogens is 282 g/mol. The Bertz CT molecular complexity index is 530. The molecule has 1 aromatic rings. The van der Waals surface area contributed by atoms with Crippen molar-refractivity contribution in [1.29, 1.82) is 0 Å². The summed E-state index contributed by atoms with van der Waals surface area (Å²) in [6.45, 7) is 0.880. The van der Waals surface area contributed by atoms with E-state index in [1.807, 2.05) is 0 Å². The Kier molecular flexibility index (Phi) is 4.36. The first-order valence-electron chi connectivity index (χ1n) is 5.42. The molecule has 2 N–H and O–H groups in total. The van der Waals surface area contributed by atoms with Crippen molar-refractivity contribution in [1.82, 2.24) is 5.32 Å². The van der Waals surface area contributed by atoms with Crippen LogP contribution in [0.15, 0.2) is 24.3 Å². The van der Waals surface area contributed by atoms with Gasteiger partial charge in [-0.25, -0.2) is 9.18 Å². The fraction of sp³-hybridized carbons (Fsp3) is 0.333. The molecule has 110 valence electrons. The van der Waals surface area contributed by atoms with Crippen molar-refractivity contribution in [2.45, 2.75) is 25.1 Å². The number of hydrogen-bond donors (Lipinski definition) is 2. The van der Waals surface area contributed by atoms with Crippen LogP contribution in [0.25, 0.3) is 0 Å². The molecule has 20 heavy (non-hydrogen) atoms. The molecule has 1 amide bonds. The summed E-state index contributed by atoms with van der Waals surface area (Å²) >= 11 is 0. The maximum atomic E-state index is 13.4. The predicted octanol–water partition coefficient (Wildman–Crippen LogP) is 1.89. The third-order valence-corrected chi connectivity index (χ3v) is 2.62. The van der Waals surface area contributed by atoms with Crippen molar-refractivity contribution in [2.75, 3.05) is 0 Å². The van der Waals surface area contributed by atoms with Gasteiger partial charge in [0.1, 0.15) is 11.4 Å². The van der Waals surface area contributed by atoms with Gasteiger partial charge in [-0.05, 0) is 18.6 Å². The number of amides is 1. The standard InChI is InChI=1S/C12H11F4NO3/c1-11(10(19)20,17-9(18)12(14,15)16)6-7-4-2-3-5-8(7)13/h2-5H,6H2,1H3,(H,17,18)(H,19,20). The summed E-state index contributed by atoms with van der Waals surface area (Å²) in [7, 11) is 0. The van der Waals surface area contributed by atoms with Crippen LogP contribution in [0.1, 0.15) is 12.5 Å². The molecule has 0 bridgehead atoms. The first-order chi connectivity index (χ1) is 9.06. The van der Waals surface area contributed by atoms with Crippen molar-refractivity contribution < 1.29 is 32.3 Å². The van der Waals surface area contributed by atoms with E-state index in [4.69, 9.17) is 5.11 Å². The van der Waals surface area contributed by atoms with Crippen molar-refractivity contribution in [2.24, 2.45) is 0 Å². The van der Waals surface area contributed by atoms with Gasteiger partial charge in [0.25, 0.3) is 0 Å². The summed E-state index contributed by atoms with van der Waals surface area (Å²) in [4.78, 5) is 22.0. The third kappa shape index (κ3) is 3.69. The number of hydrogen-bond acceptors (Lipinski definition) is 2. The first-order valence-corrected chi connectivity index (χ1v) is 5.42. The van der Waals surface area contributed by atoms with Gasteiger partial charge in [-0.15, -0.1) is 0 Å². The zero-order valence-corrected chi connectivity index (χ0v) is 10.3. The number of carbonyl (C=O) groups is 2. The molecule has 0 aliphatic rings. The average Bonchev–Trinajstić information content (AvgIpc) is 2.30. The van der Waals surface area contributed by atoms with Crippen molar-refractivity contribution >= 4 is 11.9 Å². The van der Waals surface area contributed by atoms with E-state index in [1.165, 1.54) is 23.5 Å². The molecule has 0 aliphatic heterocycles. The van der Waals surface area contributed by atoms with Gasteiger partial charge in [0.15, 0.2) is 0 Å². The van der Waals surface area contributed by atoms with Crippen molar-refractivity contribution in [3.8, 4) is 0 Å². The third-order valence-electron chi connectivity index (χ3n) is 2.62. The Hall–Kier alpha value is -2.12. The van der Waals surface area contributed by atoms with Gasteiger partial charge >= 0.3 is 18.1 Å². The lowest BCUT2D eigenvalue weighted by molar-refractivity contribution is -0.177. The number of benzene rings is 1. The molecule has 0 fully saturated rings. The van der Waals surface area contributed by atoms with Gasteiger partial charge in [-0.1, -0.05) is 18.2 Å². The lowest BCUT2D eigenvalue weighted by atomic mass is 9.92. The molecule has 0 aliphatic carbocycles. The van der Waals surface area contributed by atoms with E-state index in [0.29, 0.717) is 0 Å². The minimum Gasteiger partial charge on any atom is -0.480 e. The number of alkyl halides is 3. The number of carbonyl (C=O) groups excluding carboxylic acids is 1. The van der Waals surface area contributed by atoms with Crippen molar-refractivity contribution in [3.63, 3.8) is 0 Å². The van der Waals surface area contributed by atoms with Gasteiger partial charge in [0, 0.05) is 6.42 Å². The Morgan fingerprint density at radius 1 is 1.25 bits per heavy atom. The largest absolute Gasteiger partial charge is 0.480 e. The lowest BCUT2D eigenvalue weighted by Gasteiger charge is -2.27. The van der Waals surface area contributed by atoms with E-state index in [-0.39, 0.29) is 5.56 Å².